The molecule has 0 fully saturated rings. The normalized spacial score (nSPS) is 12.6. The summed E-state index contributed by atoms with van der Waals surface area (Å²) >= 11 is 0. The number of unbranched alkanes of at least 4 members (excludes halogenated alkanes) is 3. The molecule has 18 nitrogen and oxygen atoms in total. The molecule has 0 aromatic heterocycles. The molecule has 0 aliphatic carbocycles. The van der Waals surface area contributed by atoms with Gasteiger partial charge in [-0.2, -0.15) is 0 Å². The van der Waals surface area contributed by atoms with Crippen LogP contribution in [0.5, 0.6) is 0 Å². The lowest BCUT2D eigenvalue weighted by Gasteiger charge is -2.16. The van der Waals surface area contributed by atoms with Gasteiger partial charge in [-0.3, -0.25) is 49.0 Å². The largest absolute Gasteiger partial charge is 0.369 e. The maximum Gasteiger partial charge on any atom is 0.234 e. The molecule has 59 heavy (non-hydrogen) atoms. The van der Waals surface area contributed by atoms with E-state index in [4.69, 9.17) is 11.5 Å². The van der Waals surface area contributed by atoms with Crippen molar-refractivity contribution in [2.75, 3.05) is 65.6 Å². The minimum Gasteiger partial charge on any atom is -0.369 e. The van der Waals surface area contributed by atoms with Crippen molar-refractivity contribution in [1.82, 2.24) is 37.2 Å². The molecule has 11 N–H and O–H groups in total. The summed E-state index contributed by atoms with van der Waals surface area (Å²) in [6.07, 6.45) is 9.05. The van der Waals surface area contributed by atoms with Crippen molar-refractivity contribution in [3.05, 3.63) is 0 Å². The lowest BCUT2D eigenvalue weighted by molar-refractivity contribution is -0.126. The Morgan fingerprint density at radius 1 is 0.475 bits per heavy atom. The highest BCUT2D eigenvalue weighted by atomic mass is 16.2. The van der Waals surface area contributed by atoms with Crippen molar-refractivity contribution in [2.45, 2.75) is 130 Å². The number of primary amides is 2. The van der Waals surface area contributed by atoms with Crippen LogP contribution in [0.25, 0.3) is 0 Å². The number of hydrogen-bond acceptors (Lipinski definition) is 14. The molecule has 0 spiro atoms. The Kier molecular flexibility index (Phi) is 33.5. The van der Waals surface area contributed by atoms with E-state index >= 15 is 0 Å². The number of nitrogens with one attached hydrogen (secondary N) is 7. The van der Waals surface area contributed by atoms with Crippen LogP contribution in [0.3, 0.4) is 0 Å². The zero-order chi connectivity index (χ0) is 44.3. The van der Waals surface area contributed by atoms with Gasteiger partial charge in [0.05, 0.1) is 38.8 Å². The van der Waals surface area contributed by atoms with E-state index in [9.17, 15) is 43.2 Å². The summed E-state index contributed by atoms with van der Waals surface area (Å²) in [5, 5.41) is 20.7. The second-order valence-electron chi connectivity index (χ2n) is 15.2. The first-order chi connectivity index (χ1) is 28.2. The van der Waals surface area contributed by atoms with E-state index in [1.807, 2.05) is 6.92 Å². The van der Waals surface area contributed by atoms with Crippen LogP contribution in [0.4, 0.5) is 0 Å². The maximum atomic E-state index is 12.6. The Morgan fingerprint density at radius 2 is 1.07 bits per heavy atom. The molecule has 0 bridgehead atoms. The monoisotopic (exact) mass is 838 g/mol. The molecular formula is C41H75N9O9. The second kappa shape index (κ2) is 35.9. The number of Topliss-reactive ketones (excluding diaryl/α,β-unsaturated/α-hetero) is 5. The first-order valence-electron chi connectivity index (χ1n) is 21.4. The van der Waals surface area contributed by atoms with Crippen molar-refractivity contribution in [3.8, 4) is 0 Å². The van der Waals surface area contributed by atoms with Gasteiger partial charge in [0.1, 0.15) is 17.3 Å². The summed E-state index contributed by atoms with van der Waals surface area (Å²) in [6.45, 7) is 7.95. The summed E-state index contributed by atoms with van der Waals surface area (Å²) in [5.74, 6) is -1.82. The minimum atomic E-state index is -0.562. The molecule has 0 heterocycles. The summed E-state index contributed by atoms with van der Waals surface area (Å²) < 4.78 is 0. The third-order valence-corrected chi connectivity index (χ3v) is 9.72. The van der Waals surface area contributed by atoms with Crippen LogP contribution in [-0.4, -0.2) is 124 Å². The molecule has 0 aromatic carbocycles. The summed E-state index contributed by atoms with van der Waals surface area (Å²) in [4.78, 5) is 106. The Hall–Kier alpha value is -3.97. The molecule has 0 aliphatic rings. The van der Waals surface area contributed by atoms with Gasteiger partial charge < -0.3 is 42.8 Å². The fourth-order valence-corrected chi connectivity index (χ4v) is 6.09. The third kappa shape index (κ3) is 33.5. The zero-order valence-electron chi connectivity index (χ0n) is 35.9. The highest BCUT2D eigenvalue weighted by Gasteiger charge is 2.18. The Balaban J connectivity index is 3.82. The molecule has 0 unspecified atom stereocenters. The molecule has 4 amide bonds. The topological polar surface area (TPSA) is 290 Å². The van der Waals surface area contributed by atoms with Gasteiger partial charge in [0, 0.05) is 57.3 Å². The fourth-order valence-electron chi connectivity index (χ4n) is 6.09. The number of ketones is 5. The van der Waals surface area contributed by atoms with E-state index in [2.05, 4.69) is 37.2 Å². The molecule has 0 aromatic rings. The van der Waals surface area contributed by atoms with Crippen molar-refractivity contribution < 1.29 is 43.2 Å². The van der Waals surface area contributed by atoms with E-state index in [0.717, 1.165) is 38.5 Å². The van der Waals surface area contributed by atoms with Crippen LogP contribution in [0.15, 0.2) is 0 Å². The molecular weight excluding hydrogens is 763 g/mol. The smallest absolute Gasteiger partial charge is 0.234 e. The quantitative estimate of drug-likeness (QED) is 0.0286. The van der Waals surface area contributed by atoms with E-state index in [1.54, 1.807) is 0 Å². The highest BCUT2D eigenvalue weighted by Crippen LogP contribution is 2.15. The SMILES string of the molecule is CC[C@H](CCCCNCNCC(=O)CNC(=O)CCCC(=O)CCNCC(=O)CNCCCC[C@H](CCC(C)=O)C(N)=O)C(=O)NCCCC[C@H](NCC(C)=O)C(N)=O. The molecule has 0 saturated carbocycles. The molecule has 0 radical (unpaired) electrons. The number of amides is 4. The Morgan fingerprint density at radius 3 is 1.69 bits per heavy atom. The standard InChI is InChI=1S/C41H75N9O9/c1-4-32(41(59)48-22-10-7-15-37(40(43)58)49-24-31(3)52)12-5-9-21-46-29-47-27-36(55)28-50-38(56)16-11-14-34(53)19-23-45-26-35(54)25-44-20-8-6-13-33(39(42)57)18-17-30(2)51/h32-33,37,44-47,49H,4-29H2,1-3H3,(H2,42,57)(H2,43,58)(H,48,59)(H,50,56)/t32-,33-,37+/m1/s1. The van der Waals surface area contributed by atoms with Crippen LogP contribution >= 0.6 is 0 Å². The van der Waals surface area contributed by atoms with Gasteiger partial charge in [0.25, 0.3) is 0 Å². The first kappa shape index (κ1) is 55.0. The van der Waals surface area contributed by atoms with Crippen LogP contribution in [0.1, 0.15) is 124 Å². The molecule has 338 valence electrons. The molecule has 0 rings (SSSR count). The van der Waals surface area contributed by atoms with Crippen LogP contribution in [0, 0.1) is 11.8 Å². The average molecular weight is 838 g/mol. The number of carbonyl (C=O) groups excluding carboxylic acids is 9. The Labute approximate surface area is 350 Å². The van der Waals surface area contributed by atoms with Gasteiger partial charge in [-0.25, -0.2) is 0 Å². The van der Waals surface area contributed by atoms with Crippen molar-refractivity contribution in [1.29, 1.82) is 0 Å². The van der Waals surface area contributed by atoms with Crippen LogP contribution in [-0.2, 0) is 43.2 Å². The predicted octanol–water partition coefficient (Wildman–Crippen LogP) is -0.157. The number of rotatable bonds is 42. The summed E-state index contributed by atoms with van der Waals surface area (Å²) in [7, 11) is 0. The molecule has 0 saturated heterocycles. The van der Waals surface area contributed by atoms with Crippen LogP contribution < -0.4 is 48.7 Å². The van der Waals surface area contributed by atoms with Crippen molar-refractivity contribution in [2.24, 2.45) is 23.3 Å². The van der Waals surface area contributed by atoms with E-state index in [0.29, 0.717) is 77.8 Å². The number of hydrogen-bond donors (Lipinski definition) is 9. The lowest BCUT2D eigenvalue weighted by atomic mass is 9.95. The predicted molar refractivity (Wildman–Crippen MR) is 226 cm³/mol. The fraction of sp³-hybridized carbons (Fsp3) is 0.780. The molecule has 0 aliphatic heterocycles. The van der Waals surface area contributed by atoms with Gasteiger partial charge in [-0.1, -0.05) is 19.8 Å². The minimum absolute atomic E-state index is 0.0187. The average Bonchev–Trinajstić information content (AvgIpc) is 3.17. The second-order valence-corrected chi connectivity index (χ2v) is 15.2. The van der Waals surface area contributed by atoms with Gasteiger partial charge in [-0.05, 0) is 91.1 Å². The molecule has 3 atom stereocenters. The first-order valence-corrected chi connectivity index (χ1v) is 21.4. The summed E-state index contributed by atoms with van der Waals surface area (Å²) in [5.41, 5.74) is 10.8. The van der Waals surface area contributed by atoms with Gasteiger partial charge in [0.15, 0.2) is 11.6 Å². The van der Waals surface area contributed by atoms with Gasteiger partial charge in [0.2, 0.25) is 23.6 Å². The van der Waals surface area contributed by atoms with E-state index in [-0.39, 0.29) is 105 Å². The van der Waals surface area contributed by atoms with Gasteiger partial charge >= 0.3 is 0 Å². The summed E-state index contributed by atoms with van der Waals surface area (Å²) in [6, 6.07) is -0.562. The zero-order valence-corrected chi connectivity index (χ0v) is 35.9. The number of nitrogens with two attached hydrogens (primary N) is 2. The van der Waals surface area contributed by atoms with Crippen molar-refractivity contribution in [3.63, 3.8) is 0 Å². The van der Waals surface area contributed by atoms with Crippen molar-refractivity contribution >= 4 is 52.5 Å². The maximum absolute atomic E-state index is 12.6. The molecule has 18 heteroatoms. The number of carbonyl (C=O) groups is 9. The van der Waals surface area contributed by atoms with E-state index < -0.39 is 17.9 Å². The van der Waals surface area contributed by atoms with Crippen LogP contribution in [0.2, 0.25) is 0 Å². The third-order valence-electron chi connectivity index (χ3n) is 9.72. The van der Waals surface area contributed by atoms with E-state index in [1.165, 1.54) is 13.8 Å². The highest BCUT2D eigenvalue weighted by molar-refractivity contribution is 5.87. The Bertz CT molecular complexity index is 1300. The lowest BCUT2D eigenvalue weighted by Crippen LogP contribution is -2.43. The van der Waals surface area contributed by atoms with Gasteiger partial charge in [-0.15, -0.1) is 0 Å².